The first-order chi connectivity index (χ1) is 17.2. The quantitative estimate of drug-likeness (QED) is 0.591. The molecule has 1 spiro atoms. The molecule has 0 bridgehead atoms. The van der Waals surface area contributed by atoms with Gasteiger partial charge < -0.3 is 15.0 Å². The van der Waals surface area contributed by atoms with Crippen LogP contribution in [-0.4, -0.2) is 47.8 Å². The monoisotopic (exact) mass is 500 g/mol. The Balaban J connectivity index is 1.54. The lowest BCUT2D eigenvalue weighted by molar-refractivity contribution is 0.0326. The molecular weight excluding hydrogens is 470 g/mol. The molecule has 36 heavy (non-hydrogen) atoms. The first-order valence-electron chi connectivity index (χ1n) is 12.4. The van der Waals surface area contributed by atoms with E-state index in [-0.39, 0.29) is 41.6 Å². The van der Waals surface area contributed by atoms with Crippen LogP contribution in [-0.2, 0) is 6.54 Å². The third-order valence-electron chi connectivity index (χ3n) is 7.96. The SMILES string of the molecule is CCCCOc1c2n(cc(C(=O)NCc3ccc(F)cc3F)c1=O)N(C)[C@]1(CC[C@@H]3C[C@@H]31)N(C)C2=O. The van der Waals surface area contributed by atoms with Crippen LogP contribution in [0.2, 0.25) is 0 Å². The minimum atomic E-state index is -0.795. The van der Waals surface area contributed by atoms with E-state index in [1.807, 2.05) is 19.0 Å². The van der Waals surface area contributed by atoms with Crippen molar-refractivity contribution < 1.29 is 23.1 Å². The van der Waals surface area contributed by atoms with Crippen molar-refractivity contribution in [2.75, 3.05) is 25.7 Å². The Bertz CT molecular complexity index is 1300. The van der Waals surface area contributed by atoms with Gasteiger partial charge in [0, 0.05) is 44.4 Å². The van der Waals surface area contributed by atoms with Crippen molar-refractivity contribution in [3.63, 3.8) is 0 Å². The number of halogens is 2. The molecule has 2 aliphatic carbocycles. The second kappa shape index (κ2) is 8.90. The second-order valence-electron chi connectivity index (χ2n) is 9.92. The summed E-state index contributed by atoms with van der Waals surface area (Å²) in [6, 6.07) is 3.07. The molecule has 2 amide bonds. The van der Waals surface area contributed by atoms with Crippen molar-refractivity contribution in [1.82, 2.24) is 14.9 Å². The third-order valence-corrected chi connectivity index (χ3v) is 7.96. The third kappa shape index (κ3) is 3.65. The van der Waals surface area contributed by atoms with Crippen LogP contribution >= 0.6 is 0 Å². The summed E-state index contributed by atoms with van der Waals surface area (Å²) in [7, 11) is 3.63. The summed E-state index contributed by atoms with van der Waals surface area (Å²) < 4.78 is 34.7. The molecule has 1 aromatic heterocycles. The number of nitrogens with one attached hydrogen (secondary N) is 1. The normalized spacial score (nSPS) is 24.1. The summed E-state index contributed by atoms with van der Waals surface area (Å²) >= 11 is 0. The zero-order valence-corrected chi connectivity index (χ0v) is 20.6. The molecule has 8 nitrogen and oxygen atoms in total. The number of ether oxygens (including phenoxy) is 1. The molecule has 192 valence electrons. The molecule has 0 saturated heterocycles. The number of carbonyl (C=O) groups excluding carboxylic acids is 2. The number of hydrogen-bond acceptors (Lipinski definition) is 5. The van der Waals surface area contributed by atoms with Gasteiger partial charge in [-0.2, -0.15) is 0 Å². The van der Waals surface area contributed by atoms with Gasteiger partial charge in [0.25, 0.3) is 11.8 Å². The smallest absolute Gasteiger partial charge is 0.278 e. The van der Waals surface area contributed by atoms with Crippen LogP contribution in [0.25, 0.3) is 0 Å². The Labute approximate surface area is 207 Å². The minimum absolute atomic E-state index is 0.0841. The average molecular weight is 501 g/mol. The Hall–Kier alpha value is -3.43. The van der Waals surface area contributed by atoms with Gasteiger partial charge in [0.2, 0.25) is 5.43 Å². The molecule has 3 aliphatic rings. The standard InChI is InChI=1S/C26H30F2N4O4/c1-4-5-10-36-23-21-25(35)30(2)26(9-8-15-11-19(15)26)31(3)32(21)14-18(22(23)33)24(34)29-13-16-6-7-17(27)12-20(16)28/h6-7,12,14-15,19H,4-5,8-11,13H2,1-3H3,(H,29,34)/t15-,19+,26+/m1/s1. The largest absolute Gasteiger partial charge is 0.487 e. The van der Waals surface area contributed by atoms with Gasteiger partial charge in [0.15, 0.2) is 11.4 Å². The topological polar surface area (TPSA) is 83.9 Å². The lowest BCUT2D eigenvalue weighted by Gasteiger charge is -2.52. The number of pyridine rings is 1. The van der Waals surface area contributed by atoms with Crippen LogP contribution in [0.3, 0.4) is 0 Å². The molecule has 2 fully saturated rings. The maximum atomic E-state index is 14.1. The van der Waals surface area contributed by atoms with Crippen molar-refractivity contribution in [3.05, 3.63) is 63.1 Å². The molecule has 1 aromatic carbocycles. The summed E-state index contributed by atoms with van der Waals surface area (Å²) in [6.07, 6.45) is 5.72. The van der Waals surface area contributed by atoms with E-state index in [0.717, 1.165) is 37.8 Å². The number of benzene rings is 1. The summed E-state index contributed by atoms with van der Waals surface area (Å²) in [6.45, 7) is 1.97. The highest BCUT2D eigenvalue weighted by molar-refractivity contribution is 6.00. The first kappa shape index (κ1) is 24.3. The van der Waals surface area contributed by atoms with E-state index in [2.05, 4.69) is 5.32 Å². The van der Waals surface area contributed by atoms with E-state index in [0.29, 0.717) is 18.3 Å². The van der Waals surface area contributed by atoms with Crippen molar-refractivity contribution >= 4 is 11.8 Å². The van der Waals surface area contributed by atoms with Crippen LogP contribution in [0.5, 0.6) is 5.75 Å². The zero-order chi connectivity index (χ0) is 25.8. The van der Waals surface area contributed by atoms with E-state index in [4.69, 9.17) is 4.74 Å². The van der Waals surface area contributed by atoms with Gasteiger partial charge in [-0.3, -0.25) is 24.1 Å². The molecule has 1 N–H and O–H groups in total. The molecule has 10 heteroatoms. The molecule has 0 radical (unpaired) electrons. The predicted octanol–water partition coefficient (Wildman–Crippen LogP) is 3.02. The van der Waals surface area contributed by atoms with Crippen molar-refractivity contribution in [2.24, 2.45) is 11.8 Å². The number of aromatic nitrogens is 1. The highest BCUT2D eigenvalue weighted by atomic mass is 19.1. The first-order valence-corrected chi connectivity index (χ1v) is 12.4. The Morgan fingerprint density at radius 2 is 2.03 bits per heavy atom. The van der Waals surface area contributed by atoms with Crippen LogP contribution in [0.15, 0.2) is 29.2 Å². The second-order valence-corrected chi connectivity index (χ2v) is 9.92. The van der Waals surface area contributed by atoms with Crippen LogP contribution in [0, 0.1) is 23.5 Å². The van der Waals surface area contributed by atoms with Gasteiger partial charge >= 0.3 is 0 Å². The van der Waals surface area contributed by atoms with Crippen LogP contribution in [0.1, 0.15) is 65.4 Å². The number of nitrogens with zero attached hydrogens (tertiary/aromatic N) is 3. The molecule has 2 saturated carbocycles. The van der Waals surface area contributed by atoms with Gasteiger partial charge in [-0.15, -0.1) is 0 Å². The highest BCUT2D eigenvalue weighted by Gasteiger charge is 2.65. The Morgan fingerprint density at radius 3 is 2.67 bits per heavy atom. The summed E-state index contributed by atoms with van der Waals surface area (Å²) in [4.78, 5) is 41.9. The van der Waals surface area contributed by atoms with Crippen molar-refractivity contribution in [1.29, 1.82) is 0 Å². The van der Waals surface area contributed by atoms with E-state index in [9.17, 15) is 23.2 Å². The van der Waals surface area contributed by atoms with Gasteiger partial charge in [-0.1, -0.05) is 19.4 Å². The number of fused-ring (bicyclic) bond motifs is 3. The number of carbonyl (C=O) groups is 2. The fraction of sp³-hybridized carbons (Fsp3) is 0.500. The lowest BCUT2D eigenvalue weighted by atomic mass is 9.98. The minimum Gasteiger partial charge on any atom is -0.487 e. The van der Waals surface area contributed by atoms with Crippen molar-refractivity contribution in [2.45, 2.75) is 51.2 Å². The van der Waals surface area contributed by atoms with E-state index >= 15 is 0 Å². The molecule has 5 rings (SSSR count). The van der Waals surface area contributed by atoms with Gasteiger partial charge in [0.05, 0.1) is 6.61 Å². The maximum absolute atomic E-state index is 14.1. The Kier molecular flexibility index (Phi) is 6.00. The molecule has 2 aromatic rings. The molecule has 1 aliphatic heterocycles. The fourth-order valence-electron chi connectivity index (χ4n) is 5.83. The molecule has 3 atom stereocenters. The molecule has 2 heterocycles. The average Bonchev–Trinajstić information content (AvgIpc) is 3.55. The molecule has 0 unspecified atom stereocenters. The lowest BCUT2D eigenvalue weighted by Crippen LogP contribution is -2.68. The number of rotatable bonds is 7. The fourth-order valence-corrected chi connectivity index (χ4v) is 5.83. The van der Waals surface area contributed by atoms with Crippen LogP contribution in [0.4, 0.5) is 8.78 Å². The summed E-state index contributed by atoms with van der Waals surface area (Å²) in [5.41, 5.74) is -1.26. The van der Waals surface area contributed by atoms with Gasteiger partial charge in [-0.25, -0.2) is 8.78 Å². The van der Waals surface area contributed by atoms with E-state index in [1.165, 1.54) is 12.3 Å². The number of unbranched alkanes of at least 4 members (excludes halogenated alkanes) is 1. The van der Waals surface area contributed by atoms with Crippen molar-refractivity contribution in [3.8, 4) is 5.75 Å². The highest BCUT2D eigenvalue weighted by Crippen LogP contribution is 2.61. The number of amides is 2. The van der Waals surface area contributed by atoms with Gasteiger partial charge in [0.1, 0.15) is 22.9 Å². The number of hydrogen-bond donors (Lipinski definition) is 1. The summed E-state index contributed by atoms with van der Waals surface area (Å²) in [5.74, 6) is -1.83. The van der Waals surface area contributed by atoms with Crippen LogP contribution < -0.4 is 20.5 Å². The van der Waals surface area contributed by atoms with E-state index in [1.54, 1.807) is 16.6 Å². The summed E-state index contributed by atoms with van der Waals surface area (Å²) in [5, 5.41) is 4.49. The zero-order valence-electron chi connectivity index (χ0n) is 20.6. The maximum Gasteiger partial charge on any atom is 0.278 e. The predicted molar refractivity (Wildman–Crippen MR) is 128 cm³/mol. The Morgan fingerprint density at radius 1 is 1.25 bits per heavy atom. The molecular formula is C26H30F2N4O4. The van der Waals surface area contributed by atoms with Gasteiger partial charge in [-0.05, 0) is 37.7 Å². The van der Waals surface area contributed by atoms with E-state index < -0.39 is 28.6 Å².